The molecule has 0 radical (unpaired) electrons. The van der Waals surface area contributed by atoms with Gasteiger partial charge in [-0.2, -0.15) is 9.40 Å². The van der Waals surface area contributed by atoms with Crippen LogP contribution in [0.2, 0.25) is 0 Å². The van der Waals surface area contributed by atoms with Gasteiger partial charge < -0.3 is 4.90 Å². The second-order valence-electron chi connectivity index (χ2n) is 6.93. The zero-order valence-electron chi connectivity index (χ0n) is 15.1. The van der Waals surface area contributed by atoms with Crippen LogP contribution in [0, 0.1) is 11.6 Å². The molecule has 1 aromatic carbocycles. The van der Waals surface area contributed by atoms with Crippen molar-refractivity contribution in [2.45, 2.75) is 30.7 Å². The molecule has 28 heavy (non-hydrogen) atoms. The zero-order chi connectivity index (χ0) is 19.9. The van der Waals surface area contributed by atoms with E-state index in [0.29, 0.717) is 5.56 Å². The molecule has 0 N–H and O–H groups in total. The molecule has 4 rings (SSSR count). The number of carbonyl (C=O) groups is 1. The summed E-state index contributed by atoms with van der Waals surface area (Å²) in [6, 6.07) is 2.95. The van der Waals surface area contributed by atoms with Crippen LogP contribution in [0.3, 0.4) is 0 Å². The van der Waals surface area contributed by atoms with Gasteiger partial charge in [-0.25, -0.2) is 17.2 Å². The van der Waals surface area contributed by atoms with Crippen molar-refractivity contribution in [1.29, 1.82) is 0 Å². The summed E-state index contributed by atoms with van der Waals surface area (Å²) < 4.78 is 56.0. The molecule has 3 heterocycles. The average Bonchev–Trinajstić information content (AvgIpc) is 3.11. The predicted octanol–water partition coefficient (Wildman–Crippen LogP) is 1.64. The Labute approximate surface area is 161 Å². The highest BCUT2D eigenvalue weighted by atomic mass is 32.2. The average molecular weight is 410 g/mol. The molecule has 2 aliphatic heterocycles. The highest BCUT2D eigenvalue weighted by Gasteiger charge is 2.35. The third-order valence-corrected chi connectivity index (χ3v) is 7.21. The number of aromatic nitrogens is 2. The summed E-state index contributed by atoms with van der Waals surface area (Å²) in [7, 11) is -4.31. The molecule has 0 aliphatic carbocycles. The van der Waals surface area contributed by atoms with Gasteiger partial charge in [0, 0.05) is 32.7 Å². The third kappa shape index (κ3) is 3.20. The molecule has 0 saturated carbocycles. The fourth-order valence-electron chi connectivity index (χ4n) is 3.76. The number of benzene rings is 1. The van der Waals surface area contributed by atoms with Crippen LogP contribution in [0.1, 0.15) is 28.9 Å². The number of hydrogen-bond acceptors (Lipinski definition) is 4. The first-order valence-corrected chi connectivity index (χ1v) is 10.6. The van der Waals surface area contributed by atoms with Gasteiger partial charge in [0.25, 0.3) is 5.91 Å². The van der Waals surface area contributed by atoms with Gasteiger partial charge >= 0.3 is 0 Å². The second kappa shape index (κ2) is 7.25. The van der Waals surface area contributed by atoms with Gasteiger partial charge in [0.2, 0.25) is 10.0 Å². The zero-order valence-corrected chi connectivity index (χ0v) is 16.0. The lowest BCUT2D eigenvalue weighted by Crippen LogP contribution is -2.50. The smallest absolute Gasteiger partial charge is 0.257 e. The Kier molecular flexibility index (Phi) is 4.92. The van der Waals surface area contributed by atoms with E-state index < -0.39 is 26.6 Å². The standard InChI is InChI=1S/C18H20F2N4O3S/c19-14-4-3-5-15(20)17(14)28(26,27)23-10-8-22(9-11-23)18(25)13-12-21-24-7-2-1-6-16(13)24/h3-5,12H,1-2,6-11H2. The Balaban J connectivity index is 1.49. The minimum Gasteiger partial charge on any atom is -0.336 e. The number of amides is 1. The van der Waals surface area contributed by atoms with E-state index in [1.807, 2.05) is 4.68 Å². The molecular formula is C18H20F2N4O3S. The number of sulfonamides is 1. The van der Waals surface area contributed by atoms with Crippen LogP contribution < -0.4 is 0 Å². The normalized spacial score (nSPS) is 18.1. The molecule has 1 amide bonds. The molecule has 7 nitrogen and oxygen atoms in total. The Bertz CT molecular complexity index is 994. The van der Waals surface area contributed by atoms with Crippen molar-refractivity contribution in [2.75, 3.05) is 26.2 Å². The van der Waals surface area contributed by atoms with Gasteiger partial charge in [0.15, 0.2) is 4.90 Å². The molecule has 1 saturated heterocycles. The van der Waals surface area contributed by atoms with Crippen molar-refractivity contribution < 1.29 is 22.0 Å². The van der Waals surface area contributed by atoms with Crippen molar-refractivity contribution in [3.8, 4) is 0 Å². The van der Waals surface area contributed by atoms with Crippen molar-refractivity contribution in [2.24, 2.45) is 0 Å². The highest BCUT2D eigenvalue weighted by Crippen LogP contribution is 2.25. The predicted molar refractivity (Wildman–Crippen MR) is 96.2 cm³/mol. The summed E-state index contributed by atoms with van der Waals surface area (Å²) in [6.07, 6.45) is 4.40. The molecule has 2 aliphatic rings. The Hall–Kier alpha value is -2.33. The second-order valence-corrected chi connectivity index (χ2v) is 8.81. The van der Waals surface area contributed by atoms with E-state index >= 15 is 0 Å². The van der Waals surface area contributed by atoms with Crippen LogP contribution in [0.15, 0.2) is 29.3 Å². The number of rotatable bonds is 3. The minimum atomic E-state index is -4.31. The molecule has 1 aromatic heterocycles. The number of fused-ring (bicyclic) bond motifs is 1. The molecule has 0 bridgehead atoms. The molecule has 1 fully saturated rings. The Morgan fingerprint density at radius 3 is 2.36 bits per heavy atom. The van der Waals surface area contributed by atoms with E-state index in [1.54, 1.807) is 11.1 Å². The monoisotopic (exact) mass is 410 g/mol. The first-order valence-electron chi connectivity index (χ1n) is 9.17. The van der Waals surface area contributed by atoms with Crippen LogP contribution in [-0.2, 0) is 23.0 Å². The van der Waals surface area contributed by atoms with E-state index in [2.05, 4.69) is 5.10 Å². The van der Waals surface area contributed by atoms with Crippen LogP contribution in [0.5, 0.6) is 0 Å². The number of halogens is 2. The van der Waals surface area contributed by atoms with Crippen molar-refractivity contribution >= 4 is 15.9 Å². The number of aryl methyl sites for hydroxylation is 1. The number of carbonyl (C=O) groups excluding carboxylic acids is 1. The van der Waals surface area contributed by atoms with E-state index in [4.69, 9.17) is 0 Å². The van der Waals surface area contributed by atoms with Crippen molar-refractivity contribution in [1.82, 2.24) is 19.0 Å². The first kappa shape index (κ1) is 19.0. The Morgan fingerprint density at radius 2 is 1.68 bits per heavy atom. The van der Waals surface area contributed by atoms with Gasteiger partial charge in [-0.3, -0.25) is 9.48 Å². The van der Waals surface area contributed by atoms with E-state index in [1.165, 1.54) is 0 Å². The van der Waals surface area contributed by atoms with E-state index in [-0.39, 0.29) is 32.1 Å². The van der Waals surface area contributed by atoms with Gasteiger partial charge in [0.1, 0.15) is 11.6 Å². The van der Waals surface area contributed by atoms with Crippen molar-refractivity contribution in [3.63, 3.8) is 0 Å². The summed E-state index contributed by atoms with van der Waals surface area (Å²) in [5.74, 6) is -2.42. The van der Waals surface area contributed by atoms with Crippen LogP contribution in [0.4, 0.5) is 8.78 Å². The molecule has 0 atom stereocenters. The van der Waals surface area contributed by atoms with E-state index in [9.17, 15) is 22.0 Å². The number of hydrogen-bond donors (Lipinski definition) is 0. The molecule has 150 valence electrons. The summed E-state index contributed by atoms with van der Waals surface area (Å²) in [4.78, 5) is 13.5. The lowest BCUT2D eigenvalue weighted by molar-refractivity contribution is 0.0696. The first-order chi connectivity index (χ1) is 13.4. The Morgan fingerprint density at radius 1 is 1.00 bits per heavy atom. The highest BCUT2D eigenvalue weighted by molar-refractivity contribution is 7.89. The molecule has 10 heteroatoms. The minimum absolute atomic E-state index is 0.0225. The third-order valence-electron chi connectivity index (χ3n) is 5.26. The SMILES string of the molecule is O=C(c1cnn2c1CCCC2)N1CCN(S(=O)(=O)c2c(F)cccc2F)CC1. The summed E-state index contributed by atoms with van der Waals surface area (Å²) in [5.41, 5.74) is 1.47. The van der Waals surface area contributed by atoms with Gasteiger partial charge in [-0.1, -0.05) is 6.07 Å². The summed E-state index contributed by atoms with van der Waals surface area (Å²) in [6.45, 7) is 1.05. The molecule has 2 aromatic rings. The molecule has 0 spiro atoms. The maximum absolute atomic E-state index is 13.9. The topological polar surface area (TPSA) is 75.5 Å². The number of nitrogens with zero attached hydrogens (tertiary/aromatic N) is 4. The van der Waals surface area contributed by atoms with Crippen molar-refractivity contribution in [3.05, 3.63) is 47.3 Å². The quantitative estimate of drug-likeness (QED) is 0.771. The largest absolute Gasteiger partial charge is 0.336 e. The maximum atomic E-state index is 13.9. The number of piperazine rings is 1. The fraction of sp³-hybridized carbons (Fsp3) is 0.444. The van der Waals surface area contributed by atoms with Crippen LogP contribution in [0.25, 0.3) is 0 Å². The lowest BCUT2D eigenvalue weighted by atomic mass is 10.1. The van der Waals surface area contributed by atoms with Crippen LogP contribution in [-0.4, -0.2) is 59.5 Å². The molecular weight excluding hydrogens is 390 g/mol. The molecule has 0 unspecified atom stereocenters. The fourth-order valence-corrected chi connectivity index (χ4v) is 5.29. The van der Waals surface area contributed by atoms with Crippen LogP contribution >= 0.6 is 0 Å². The van der Waals surface area contributed by atoms with Gasteiger partial charge in [-0.15, -0.1) is 0 Å². The summed E-state index contributed by atoms with van der Waals surface area (Å²) in [5, 5.41) is 4.27. The summed E-state index contributed by atoms with van der Waals surface area (Å²) >= 11 is 0. The van der Waals surface area contributed by atoms with Gasteiger partial charge in [0.05, 0.1) is 17.5 Å². The lowest BCUT2D eigenvalue weighted by Gasteiger charge is -2.34. The maximum Gasteiger partial charge on any atom is 0.257 e. The van der Waals surface area contributed by atoms with E-state index in [0.717, 1.165) is 54.0 Å². The van der Waals surface area contributed by atoms with Gasteiger partial charge in [-0.05, 0) is 31.4 Å².